The Morgan fingerprint density at radius 2 is 2.25 bits per heavy atom. The van der Waals surface area contributed by atoms with Crippen molar-refractivity contribution in [3.8, 4) is 5.75 Å². The summed E-state index contributed by atoms with van der Waals surface area (Å²) < 4.78 is 5.65. The standard InChI is InChI=1S/C15H20N2O2.ClH/c18-15(17-9-13-5-3-7-16-13)12-8-11-4-1-2-6-14(11)19-10-12;/h1-2,4,6,12-13,16H,3,5,7-10H2,(H,17,18);1H. The first-order valence-electron chi connectivity index (χ1n) is 7.05. The zero-order valence-electron chi connectivity index (χ0n) is 11.4. The van der Waals surface area contributed by atoms with E-state index in [1.54, 1.807) is 0 Å². The van der Waals surface area contributed by atoms with Crippen LogP contribution in [0.25, 0.3) is 0 Å². The van der Waals surface area contributed by atoms with Crippen molar-refractivity contribution in [3.05, 3.63) is 29.8 Å². The van der Waals surface area contributed by atoms with Crippen LogP contribution in [0.4, 0.5) is 0 Å². The lowest BCUT2D eigenvalue weighted by atomic mass is 9.96. The fourth-order valence-electron chi connectivity index (χ4n) is 2.80. The van der Waals surface area contributed by atoms with Gasteiger partial charge in [0, 0.05) is 12.6 Å². The Bertz CT molecular complexity index is 461. The Morgan fingerprint density at radius 3 is 3.05 bits per heavy atom. The molecule has 3 rings (SSSR count). The second-order valence-electron chi connectivity index (χ2n) is 5.36. The fraction of sp³-hybridized carbons (Fsp3) is 0.533. The molecule has 0 spiro atoms. The molecule has 2 aliphatic rings. The van der Waals surface area contributed by atoms with Gasteiger partial charge in [-0.15, -0.1) is 12.4 Å². The van der Waals surface area contributed by atoms with Gasteiger partial charge in [-0.1, -0.05) is 18.2 Å². The molecule has 110 valence electrons. The minimum Gasteiger partial charge on any atom is -0.492 e. The van der Waals surface area contributed by atoms with Gasteiger partial charge >= 0.3 is 0 Å². The summed E-state index contributed by atoms with van der Waals surface area (Å²) in [5, 5.41) is 6.43. The predicted octanol–water partition coefficient (Wildman–Crippen LogP) is 1.53. The summed E-state index contributed by atoms with van der Waals surface area (Å²) in [4.78, 5) is 12.1. The van der Waals surface area contributed by atoms with E-state index >= 15 is 0 Å². The molecule has 1 aromatic carbocycles. The molecule has 2 N–H and O–H groups in total. The maximum atomic E-state index is 12.1. The number of carbonyl (C=O) groups is 1. The summed E-state index contributed by atoms with van der Waals surface area (Å²) >= 11 is 0. The van der Waals surface area contributed by atoms with Gasteiger partial charge in [0.05, 0.1) is 5.92 Å². The molecule has 20 heavy (non-hydrogen) atoms. The largest absolute Gasteiger partial charge is 0.492 e. The van der Waals surface area contributed by atoms with Gasteiger partial charge < -0.3 is 15.4 Å². The Morgan fingerprint density at radius 1 is 1.40 bits per heavy atom. The van der Waals surface area contributed by atoms with Crippen molar-refractivity contribution in [1.29, 1.82) is 0 Å². The number of rotatable bonds is 3. The van der Waals surface area contributed by atoms with E-state index in [2.05, 4.69) is 10.6 Å². The molecule has 2 heterocycles. The van der Waals surface area contributed by atoms with E-state index in [0.29, 0.717) is 12.6 Å². The first-order valence-corrected chi connectivity index (χ1v) is 7.05. The number of fused-ring (bicyclic) bond motifs is 1. The lowest BCUT2D eigenvalue weighted by molar-refractivity contribution is -0.126. The van der Waals surface area contributed by atoms with Gasteiger partial charge in [0.1, 0.15) is 12.4 Å². The third-order valence-corrected chi connectivity index (χ3v) is 3.93. The van der Waals surface area contributed by atoms with E-state index in [-0.39, 0.29) is 24.2 Å². The zero-order valence-corrected chi connectivity index (χ0v) is 12.2. The van der Waals surface area contributed by atoms with E-state index in [9.17, 15) is 4.79 Å². The van der Waals surface area contributed by atoms with Crippen molar-refractivity contribution in [1.82, 2.24) is 10.6 Å². The van der Waals surface area contributed by atoms with Crippen LogP contribution in [0.15, 0.2) is 24.3 Å². The van der Waals surface area contributed by atoms with Crippen molar-refractivity contribution >= 4 is 18.3 Å². The van der Waals surface area contributed by atoms with Crippen LogP contribution < -0.4 is 15.4 Å². The van der Waals surface area contributed by atoms with Crippen molar-refractivity contribution in [3.63, 3.8) is 0 Å². The number of ether oxygens (including phenoxy) is 1. The number of benzene rings is 1. The van der Waals surface area contributed by atoms with Crippen molar-refractivity contribution in [2.45, 2.75) is 25.3 Å². The molecule has 0 aliphatic carbocycles. The fourth-order valence-corrected chi connectivity index (χ4v) is 2.80. The SMILES string of the molecule is Cl.O=C(NCC1CCCN1)C1COc2ccccc2C1. The van der Waals surface area contributed by atoms with Crippen LogP contribution in [0.1, 0.15) is 18.4 Å². The average molecular weight is 297 g/mol. The number of halogens is 1. The lowest BCUT2D eigenvalue weighted by Crippen LogP contribution is -2.42. The highest BCUT2D eigenvalue weighted by atomic mass is 35.5. The normalized spacial score (nSPS) is 24.2. The summed E-state index contributed by atoms with van der Waals surface area (Å²) in [6.07, 6.45) is 3.14. The Kier molecular flexibility index (Phi) is 5.26. The van der Waals surface area contributed by atoms with Gasteiger partial charge in [-0.25, -0.2) is 0 Å². The Hall–Kier alpha value is -1.26. The van der Waals surface area contributed by atoms with Crippen LogP contribution in [0.3, 0.4) is 0 Å². The topological polar surface area (TPSA) is 50.4 Å². The third-order valence-electron chi connectivity index (χ3n) is 3.93. The highest BCUT2D eigenvalue weighted by Crippen LogP contribution is 2.26. The molecule has 2 atom stereocenters. The first-order chi connectivity index (χ1) is 9.33. The number of nitrogens with one attached hydrogen (secondary N) is 2. The molecule has 0 bridgehead atoms. The van der Waals surface area contributed by atoms with Crippen molar-refractivity contribution < 1.29 is 9.53 Å². The highest BCUT2D eigenvalue weighted by Gasteiger charge is 2.26. The average Bonchev–Trinajstić information content (AvgIpc) is 2.97. The van der Waals surface area contributed by atoms with Crippen LogP contribution in [0, 0.1) is 5.92 Å². The molecule has 0 saturated carbocycles. The molecule has 1 saturated heterocycles. The molecular weight excluding hydrogens is 276 g/mol. The molecule has 1 fully saturated rings. The number of carbonyl (C=O) groups excluding carboxylic acids is 1. The first kappa shape index (κ1) is 15.1. The van der Waals surface area contributed by atoms with E-state index < -0.39 is 0 Å². The van der Waals surface area contributed by atoms with Crippen LogP contribution in [-0.2, 0) is 11.2 Å². The van der Waals surface area contributed by atoms with E-state index in [1.165, 1.54) is 6.42 Å². The highest BCUT2D eigenvalue weighted by molar-refractivity contribution is 5.85. The van der Waals surface area contributed by atoms with Crippen LogP contribution in [-0.4, -0.2) is 31.6 Å². The van der Waals surface area contributed by atoms with E-state index in [4.69, 9.17) is 4.74 Å². The third kappa shape index (κ3) is 3.44. The van der Waals surface area contributed by atoms with Gasteiger partial charge in [0.2, 0.25) is 5.91 Å². The number of hydrogen-bond acceptors (Lipinski definition) is 3. The summed E-state index contributed by atoms with van der Waals surface area (Å²) in [5.41, 5.74) is 1.13. The molecule has 2 unspecified atom stereocenters. The minimum absolute atomic E-state index is 0. The quantitative estimate of drug-likeness (QED) is 0.889. The monoisotopic (exact) mass is 296 g/mol. The zero-order chi connectivity index (χ0) is 13.1. The van der Waals surface area contributed by atoms with Gasteiger partial charge in [-0.05, 0) is 37.4 Å². The van der Waals surface area contributed by atoms with Gasteiger partial charge in [-0.2, -0.15) is 0 Å². The number of amides is 1. The molecule has 1 amide bonds. The van der Waals surface area contributed by atoms with Gasteiger partial charge in [0.25, 0.3) is 0 Å². The van der Waals surface area contributed by atoms with Crippen LogP contribution in [0.5, 0.6) is 5.75 Å². The molecule has 0 radical (unpaired) electrons. The van der Waals surface area contributed by atoms with Gasteiger partial charge in [0.15, 0.2) is 0 Å². The number of hydrogen-bond donors (Lipinski definition) is 2. The van der Waals surface area contributed by atoms with E-state index in [1.807, 2.05) is 24.3 Å². The Balaban J connectivity index is 0.00000147. The smallest absolute Gasteiger partial charge is 0.226 e. The summed E-state index contributed by atoms with van der Waals surface area (Å²) in [6.45, 7) is 2.29. The van der Waals surface area contributed by atoms with Crippen molar-refractivity contribution in [2.24, 2.45) is 5.92 Å². The number of para-hydroxylation sites is 1. The van der Waals surface area contributed by atoms with Gasteiger partial charge in [-0.3, -0.25) is 4.79 Å². The lowest BCUT2D eigenvalue weighted by Gasteiger charge is -2.25. The summed E-state index contributed by atoms with van der Waals surface area (Å²) in [5.74, 6) is 0.975. The molecular formula is C15H21ClN2O2. The van der Waals surface area contributed by atoms with Crippen LogP contribution in [0.2, 0.25) is 0 Å². The molecule has 4 nitrogen and oxygen atoms in total. The van der Waals surface area contributed by atoms with Crippen molar-refractivity contribution in [2.75, 3.05) is 19.7 Å². The second-order valence-corrected chi connectivity index (χ2v) is 5.36. The molecule has 1 aromatic rings. The molecule has 2 aliphatic heterocycles. The minimum atomic E-state index is -0.0590. The van der Waals surface area contributed by atoms with Crippen LogP contribution >= 0.6 is 12.4 Å². The second kappa shape index (κ2) is 6.95. The predicted molar refractivity (Wildman–Crippen MR) is 80.4 cm³/mol. The summed E-state index contributed by atoms with van der Waals surface area (Å²) in [6, 6.07) is 8.40. The molecule has 0 aromatic heterocycles. The maximum Gasteiger partial charge on any atom is 0.226 e. The molecule has 5 heteroatoms. The maximum absolute atomic E-state index is 12.1. The van der Waals surface area contributed by atoms with E-state index in [0.717, 1.165) is 37.2 Å². The Labute approximate surface area is 125 Å². The summed E-state index contributed by atoms with van der Waals surface area (Å²) in [7, 11) is 0.